The summed E-state index contributed by atoms with van der Waals surface area (Å²) in [6.07, 6.45) is 5.17. The van der Waals surface area contributed by atoms with Crippen molar-refractivity contribution < 1.29 is 9.53 Å². The third-order valence-electron chi connectivity index (χ3n) is 5.75. The number of carbonyl (C=O) groups is 1. The smallest absolute Gasteiger partial charge is 0.251 e. The Labute approximate surface area is 138 Å². The Morgan fingerprint density at radius 3 is 2.83 bits per heavy atom. The van der Waals surface area contributed by atoms with E-state index >= 15 is 0 Å². The fourth-order valence-electron chi connectivity index (χ4n) is 4.50. The van der Waals surface area contributed by atoms with Crippen LogP contribution in [0.3, 0.4) is 0 Å². The number of morpholine rings is 1. The van der Waals surface area contributed by atoms with Gasteiger partial charge in [-0.2, -0.15) is 0 Å². The molecule has 1 N–H and O–H groups in total. The number of hydrogen-bond donors (Lipinski definition) is 1. The van der Waals surface area contributed by atoms with Gasteiger partial charge in [0.2, 0.25) is 0 Å². The molecule has 0 unspecified atom stereocenters. The molecule has 2 bridgehead atoms. The lowest BCUT2D eigenvalue weighted by atomic mass is 9.95. The van der Waals surface area contributed by atoms with Crippen LogP contribution in [0.1, 0.15) is 41.6 Å². The first kappa shape index (κ1) is 15.2. The molecule has 1 aromatic carbocycles. The lowest BCUT2D eigenvalue weighted by Gasteiger charge is -2.26. The number of rotatable bonds is 4. The highest BCUT2D eigenvalue weighted by molar-refractivity contribution is 5.94. The van der Waals surface area contributed by atoms with E-state index in [1.54, 1.807) is 0 Å². The van der Waals surface area contributed by atoms with Crippen molar-refractivity contribution in [2.24, 2.45) is 11.8 Å². The van der Waals surface area contributed by atoms with Crippen LogP contribution in [0.4, 0.5) is 0 Å². The average molecular weight is 314 g/mol. The van der Waals surface area contributed by atoms with Crippen molar-refractivity contribution >= 4 is 5.91 Å². The van der Waals surface area contributed by atoms with Crippen molar-refractivity contribution in [1.29, 1.82) is 0 Å². The summed E-state index contributed by atoms with van der Waals surface area (Å²) in [7, 11) is 0. The molecule has 23 heavy (non-hydrogen) atoms. The zero-order chi connectivity index (χ0) is 15.6. The van der Waals surface area contributed by atoms with Gasteiger partial charge in [-0.3, -0.25) is 9.69 Å². The number of benzene rings is 1. The van der Waals surface area contributed by atoms with E-state index in [4.69, 9.17) is 4.74 Å². The summed E-state index contributed by atoms with van der Waals surface area (Å²) in [6.45, 7) is 4.47. The van der Waals surface area contributed by atoms with Crippen LogP contribution in [-0.2, 0) is 11.3 Å². The van der Waals surface area contributed by atoms with Gasteiger partial charge < -0.3 is 10.1 Å². The predicted molar refractivity (Wildman–Crippen MR) is 89.2 cm³/mol. The second-order valence-electron chi connectivity index (χ2n) is 7.34. The van der Waals surface area contributed by atoms with Crippen molar-refractivity contribution in [3.05, 3.63) is 35.4 Å². The highest BCUT2D eigenvalue weighted by Gasteiger charge is 2.40. The van der Waals surface area contributed by atoms with Gasteiger partial charge in [0.15, 0.2) is 0 Å². The van der Waals surface area contributed by atoms with Crippen LogP contribution < -0.4 is 5.32 Å². The van der Waals surface area contributed by atoms with Crippen LogP contribution >= 0.6 is 0 Å². The van der Waals surface area contributed by atoms with Gasteiger partial charge in [-0.1, -0.05) is 18.6 Å². The Bertz CT molecular complexity index is 568. The zero-order valence-electron chi connectivity index (χ0n) is 13.7. The fourth-order valence-corrected chi connectivity index (χ4v) is 4.50. The van der Waals surface area contributed by atoms with Crippen molar-refractivity contribution in [2.75, 3.05) is 26.3 Å². The van der Waals surface area contributed by atoms with Crippen molar-refractivity contribution in [2.45, 2.75) is 38.3 Å². The van der Waals surface area contributed by atoms with E-state index < -0.39 is 0 Å². The second kappa shape index (κ2) is 6.62. The van der Waals surface area contributed by atoms with Gasteiger partial charge in [-0.15, -0.1) is 0 Å². The molecule has 4 rings (SSSR count). The van der Waals surface area contributed by atoms with Gasteiger partial charge in [-0.25, -0.2) is 0 Å². The molecule has 2 aliphatic carbocycles. The minimum absolute atomic E-state index is 0.103. The Balaban J connectivity index is 1.38. The van der Waals surface area contributed by atoms with Gasteiger partial charge >= 0.3 is 0 Å². The Morgan fingerprint density at radius 2 is 2.09 bits per heavy atom. The predicted octanol–water partition coefficient (Wildman–Crippen LogP) is 2.44. The van der Waals surface area contributed by atoms with Crippen LogP contribution in [0, 0.1) is 11.8 Å². The van der Waals surface area contributed by atoms with E-state index in [1.807, 2.05) is 12.1 Å². The number of ether oxygens (including phenoxy) is 1. The summed E-state index contributed by atoms with van der Waals surface area (Å²) in [5.41, 5.74) is 2.02. The van der Waals surface area contributed by atoms with E-state index in [0.717, 1.165) is 50.2 Å². The maximum absolute atomic E-state index is 12.6. The molecule has 2 saturated carbocycles. The van der Waals surface area contributed by atoms with Crippen LogP contribution in [-0.4, -0.2) is 43.2 Å². The molecule has 0 aromatic heterocycles. The first-order chi connectivity index (χ1) is 11.3. The van der Waals surface area contributed by atoms with Gasteiger partial charge in [0.1, 0.15) is 0 Å². The van der Waals surface area contributed by atoms with Gasteiger partial charge in [0.05, 0.1) is 13.2 Å². The minimum Gasteiger partial charge on any atom is -0.379 e. The van der Waals surface area contributed by atoms with Gasteiger partial charge in [0, 0.05) is 31.2 Å². The first-order valence-electron chi connectivity index (χ1n) is 8.98. The number of amides is 1. The Hall–Kier alpha value is -1.39. The molecule has 0 spiro atoms. The fraction of sp³-hybridized carbons (Fsp3) is 0.632. The van der Waals surface area contributed by atoms with Crippen molar-refractivity contribution in [3.63, 3.8) is 0 Å². The third-order valence-corrected chi connectivity index (χ3v) is 5.75. The summed E-state index contributed by atoms with van der Waals surface area (Å²) in [4.78, 5) is 15.0. The molecule has 1 saturated heterocycles. The molecule has 1 amide bonds. The molecule has 3 atom stereocenters. The topological polar surface area (TPSA) is 41.6 Å². The minimum atomic E-state index is 0.103. The molecule has 3 aliphatic rings. The van der Waals surface area contributed by atoms with Crippen LogP contribution in [0.25, 0.3) is 0 Å². The quantitative estimate of drug-likeness (QED) is 0.928. The standard InChI is InChI=1S/C19H26N2O2/c22-19(20-18-12-14-4-5-16(18)10-14)17-3-1-2-15(11-17)13-21-6-8-23-9-7-21/h1-3,11,14,16,18H,4-10,12-13H2,(H,20,22)/t14-,16+,18+/m0/s1. The maximum atomic E-state index is 12.6. The number of nitrogens with zero attached hydrogens (tertiary/aromatic N) is 1. The number of carbonyl (C=O) groups excluding carboxylic acids is 1. The number of fused-ring (bicyclic) bond motifs is 2. The molecule has 4 nitrogen and oxygen atoms in total. The van der Waals surface area contributed by atoms with E-state index in [-0.39, 0.29) is 5.91 Å². The monoisotopic (exact) mass is 314 g/mol. The van der Waals surface area contributed by atoms with E-state index in [9.17, 15) is 4.79 Å². The van der Waals surface area contributed by atoms with Crippen LogP contribution in [0.5, 0.6) is 0 Å². The summed E-state index contributed by atoms with van der Waals surface area (Å²) in [6, 6.07) is 8.52. The summed E-state index contributed by atoms with van der Waals surface area (Å²) in [5, 5.41) is 3.28. The molecule has 1 aromatic rings. The lowest BCUT2D eigenvalue weighted by Crippen LogP contribution is -2.38. The molecule has 124 valence electrons. The summed E-state index contributed by atoms with van der Waals surface area (Å²) < 4.78 is 5.39. The van der Waals surface area contributed by atoms with Gasteiger partial charge in [0.25, 0.3) is 5.91 Å². The summed E-state index contributed by atoms with van der Waals surface area (Å²) in [5.74, 6) is 1.69. The highest BCUT2D eigenvalue weighted by atomic mass is 16.5. The van der Waals surface area contributed by atoms with E-state index in [2.05, 4.69) is 22.3 Å². The second-order valence-corrected chi connectivity index (χ2v) is 7.34. The zero-order valence-corrected chi connectivity index (χ0v) is 13.7. The lowest BCUT2D eigenvalue weighted by molar-refractivity contribution is 0.0342. The van der Waals surface area contributed by atoms with Crippen LogP contribution in [0.2, 0.25) is 0 Å². The molecule has 4 heteroatoms. The van der Waals surface area contributed by atoms with Crippen molar-refractivity contribution in [3.8, 4) is 0 Å². The maximum Gasteiger partial charge on any atom is 0.251 e. The molecule has 1 aliphatic heterocycles. The van der Waals surface area contributed by atoms with E-state index in [0.29, 0.717) is 6.04 Å². The van der Waals surface area contributed by atoms with E-state index in [1.165, 1.54) is 31.2 Å². The molecule has 1 heterocycles. The SMILES string of the molecule is O=C(N[C@@H]1C[C@H]2CC[C@@H]1C2)c1cccc(CN2CCOCC2)c1. The van der Waals surface area contributed by atoms with Crippen LogP contribution in [0.15, 0.2) is 24.3 Å². The molecular weight excluding hydrogens is 288 g/mol. The third kappa shape index (κ3) is 3.43. The highest BCUT2D eigenvalue weighted by Crippen LogP contribution is 2.44. The number of nitrogens with one attached hydrogen (secondary N) is 1. The Kier molecular flexibility index (Phi) is 4.36. The molecule has 0 radical (unpaired) electrons. The Morgan fingerprint density at radius 1 is 1.22 bits per heavy atom. The first-order valence-corrected chi connectivity index (χ1v) is 8.98. The largest absolute Gasteiger partial charge is 0.379 e. The summed E-state index contributed by atoms with van der Waals surface area (Å²) >= 11 is 0. The average Bonchev–Trinajstić information content (AvgIpc) is 3.19. The van der Waals surface area contributed by atoms with Crippen molar-refractivity contribution in [1.82, 2.24) is 10.2 Å². The molecule has 3 fully saturated rings. The molecular formula is C19H26N2O2. The van der Waals surface area contributed by atoms with Gasteiger partial charge in [-0.05, 0) is 48.8 Å². The number of hydrogen-bond acceptors (Lipinski definition) is 3. The normalized spacial score (nSPS) is 30.5.